The maximum absolute atomic E-state index is 12.8. The van der Waals surface area contributed by atoms with E-state index in [-0.39, 0.29) is 17.2 Å². The number of hydrogen-bond acceptors (Lipinski definition) is 4. The highest BCUT2D eigenvalue weighted by Crippen LogP contribution is 2.30. The molecule has 3 aromatic rings. The van der Waals surface area contributed by atoms with Crippen molar-refractivity contribution >= 4 is 17.7 Å². The summed E-state index contributed by atoms with van der Waals surface area (Å²) in [7, 11) is 0. The number of aryl methyl sites for hydroxylation is 2. The monoisotopic (exact) mass is 406 g/mol. The summed E-state index contributed by atoms with van der Waals surface area (Å²) in [6, 6.07) is 16.8. The number of rotatable bonds is 6. The van der Waals surface area contributed by atoms with E-state index in [2.05, 4.69) is 57.8 Å². The first-order chi connectivity index (χ1) is 14.1. The van der Waals surface area contributed by atoms with Crippen molar-refractivity contribution < 1.29 is 4.79 Å². The summed E-state index contributed by atoms with van der Waals surface area (Å²) < 4.78 is 0. The second-order valence-corrected chi connectivity index (χ2v) is 8.74. The number of amides is 1. The SMILES string of the molecule is CCc1ccc(-c2nc(S[C@@H](C)C(=O)N[C@H]3CCCc4ccccc43)n[nH]2)cc1. The fraction of sp³-hybridized carbons (Fsp3) is 0.348. The summed E-state index contributed by atoms with van der Waals surface area (Å²) in [6.45, 7) is 4.04. The third kappa shape index (κ3) is 4.53. The van der Waals surface area contributed by atoms with E-state index in [1.54, 1.807) is 0 Å². The van der Waals surface area contributed by atoms with E-state index in [1.165, 1.54) is 28.5 Å². The molecule has 1 heterocycles. The molecule has 1 aliphatic rings. The molecule has 0 bridgehead atoms. The third-order valence-corrected chi connectivity index (χ3v) is 6.40. The van der Waals surface area contributed by atoms with Crippen LogP contribution in [-0.4, -0.2) is 26.3 Å². The van der Waals surface area contributed by atoms with Crippen LogP contribution in [0.5, 0.6) is 0 Å². The van der Waals surface area contributed by atoms with Crippen molar-refractivity contribution in [1.29, 1.82) is 0 Å². The molecule has 6 heteroatoms. The molecule has 0 radical (unpaired) electrons. The highest BCUT2D eigenvalue weighted by molar-refractivity contribution is 8.00. The summed E-state index contributed by atoms with van der Waals surface area (Å²) in [5.74, 6) is 0.749. The van der Waals surface area contributed by atoms with Crippen molar-refractivity contribution in [3.05, 3.63) is 65.2 Å². The Morgan fingerprint density at radius 1 is 1.24 bits per heavy atom. The number of H-pyrrole nitrogens is 1. The van der Waals surface area contributed by atoms with Crippen molar-refractivity contribution in [3.63, 3.8) is 0 Å². The molecule has 0 unspecified atom stereocenters. The van der Waals surface area contributed by atoms with Gasteiger partial charge in [0.25, 0.3) is 0 Å². The van der Waals surface area contributed by atoms with Crippen LogP contribution in [0.2, 0.25) is 0 Å². The minimum atomic E-state index is -0.268. The Bertz CT molecular complexity index is 983. The molecule has 2 N–H and O–H groups in total. The zero-order chi connectivity index (χ0) is 20.2. The molecule has 0 saturated heterocycles. The van der Waals surface area contributed by atoms with E-state index in [0.29, 0.717) is 5.16 Å². The fourth-order valence-electron chi connectivity index (χ4n) is 3.73. The molecule has 0 fully saturated rings. The first kappa shape index (κ1) is 19.7. The van der Waals surface area contributed by atoms with Gasteiger partial charge in [-0.15, -0.1) is 5.10 Å². The summed E-state index contributed by atoms with van der Waals surface area (Å²) in [5, 5.41) is 10.8. The van der Waals surface area contributed by atoms with Crippen molar-refractivity contribution in [2.24, 2.45) is 0 Å². The molecular weight excluding hydrogens is 380 g/mol. The minimum absolute atomic E-state index is 0.0235. The van der Waals surface area contributed by atoms with Gasteiger partial charge in [0, 0.05) is 5.56 Å². The zero-order valence-electron chi connectivity index (χ0n) is 16.8. The molecule has 0 spiro atoms. The first-order valence-electron chi connectivity index (χ1n) is 10.2. The normalized spacial score (nSPS) is 16.8. The molecule has 0 aliphatic heterocycles. The van der Waals surface area contributed by atoms with Gasteiger partial charge in [0.1, 0.15) is 0 Å². The lowest BCUT2D eigenvalue weighted by atomic mass is 9.88. The molecule has 2 aromatic carbocycles. The standard InChI is InChI=1S/C23H26N4OS/c1-3-16-11-13-18(14-12-16)21-25-23(27-26-21)29-15(2)22(28)24-20-10-6-8-17-7-4-5-9-19(17)20/h4-5,7,9,11-15,20H,3,6,8,10H2,1-2H3,(H,24,28)(H,25,26,27)/t15-,20-/m0/s1. The number of carbonyl (C=O) groups excluding carboxylic acids is 1. The lowest BCUT2D eigenvalue weighted by Gasteiger charge is -2.27. The average molecular weight is 407 g/mol. The molecule has 29 heavy (non-hydrogen) atoms. The van der Waals surface area contributed by atoms with Gasteiger partial charge in [-0.05, 0) is 49.3 Å². The Labute approximate surface area is 175 Å². The van der Waals surface area contributed by atoms with Gasteiger partial charge in [-0.2, -0.15) is 0 Å². The highest BCUT2D eigenvalue weighted by atomic mass is 32.2. The minimum Gasteiger partial charge on any atom is -0.348 e. The van der Waals surface area contributed by atoms with Crippen LogP contribution in [-0.2, 0) is 17.6 Å². The maximum atomic E-state index is 12.8. The van der Waals surface area contributed by atoms with Crippen LogP contribution in [0, 0.1) is 0 Å². The Morgan fingerprint density at radius 2 is 2.03 bits per heavy atom. The number of carbonyl (C=O) groups is 1. The van der Waals surface area contributed by atoms with Gasteiger partial charge in [0.15, 0.2) is 5.82 Å². The van der Waals surface area contributed by atoms with E-state index in [1.807, 2.05) is 25.1 Å². The second-order valence-electron chi connectivity index (χ2n) is 7.43. The van der Waals surface area contributed by atoms with Crippen LogP contribution in [0.25, 0.3) is 11.4 Å². The molecule has 0 saturated carbocycles. The van der Waals surface area contributed by atoms with E-state index >= 15 is 0 Å². The van der Waals surface area contributed by atoms with E-state index < -0.39 is 0 Å². The zero-order valence-corrected chi connectivity index (χ0v) is 17.6. The molecule has 1 amide bonds. The Hall–Kier alpha value is -2.60. The summed E-state index contributed by atoms with van der Waals surface area (Å²) in [4.78, 5) is 17.3. The van der Waals surface area contributed by atoms with Crippen molar-refractivity contribution in [2.75, 3.05) is 0 Å². The van der Waals surface area contributed by atoms with Crippen molar-refractivity contribution in [2.45, 2.75) is 56.0 Å². The Morgan fingerprint density at radius 3 is 2.83 bits per heavy atom. The van der Waals surface area contributed by atoms with Crippen LogP contribution in [0.15, 0.2) is 53.7 Å². The first-order valence-corrected chi connectivity index (χ1v) is 11.1. The van der Waals surface area contributed by atoms with E-state index in [0.717, 1.165) is 37.1 Å². The fourth-order valence-corrected chi connectivity index (χ4v) is 4.46. The second kappa shape index (κ2) is 8.82. The van der Waals surface area contributed by atoms with Crippen LogP contribution in [0.1, 0.15) is 49.4 Å². The predicted molar refractivity (Wildman–Crippen MR) is 117 cm³/mol. The molecule has 150 valence electrons. The van der Waals surface area contributed by atoms with Crippen LogP contribution in [0.4, 0.5) is 0 Å². The number of aromatic nitrogens is 3. The number of fused-ring (bicyclic) bond motifs is 1. The topological polar surface area (TPSA) is 70.7 Å². The predicted octanol–water partition coefficient (Wildman–Crippen LogP) is 4.71. The van der Waals surface area contributed by atoms with Gasteiger partial charge in [-0.1, -0.05) is 67.2 Å². The quantitative estimate of drug-likeness (QED) is 0.582. The number of hydrogen-bond donors (Lipinski definition) is 2. The van der Waals surface area contributed by atoms with Crippen molar-refractivity contribution in [3.8, 4) is 11.4 Å². The van der Waals surface area contributed by atoms with Crippen molar-refractivity contribution in [1.82, 2.24) is 20.5 Å². The van der Waals surface area contributed by atoms with E-state index in [4.69, 9.17) is 0 Å². The maximum Gasteiger partial charge on any atom is 0.233 e. The Kier molecular flexibility index (Phi) is 6.00. The van der Waals surface area contributed by atoms with Crippen LogP contribution in [0.3, 0.4) is 0 Å². The van der Waals surface area contributed by atoms with Gasteiger partial charge >= 0.3 is 0 Å². The molecule has 5 nitrogen and oxygen atoms in total. The average Bonchev–Trinajstić information content (AvgIpc) is 3.22. The summed E-state index contributed by atoms with van der Waals surface area (Å²) >= 11 is 1.38. The lowest BCUT2D eigenvalue weighted by molar-refractivity contribution is -0.121. The number of benzene rings is 2. The lowest BCUT2D eigenvalue weighted by Crippen LogP contribution is -2.35. The summed E-state index contributed by atoms with van der Waals surface area (Å²) in [5.41, 5.74) is 4.88. The van der Waals surface area contributed by atoms with Gasteiger partial charge in [-0.25, -0.2) is 4.98 Å². The van der Waals surface area contributed by atoms with E-state index in [9.17, 15) is 4.79 Å². The molecular formula is C23H26N4OS. The van der Waals surface area contributed by atoms with Gasteiger partial charge in [0.2, 0.25) is 11.1 Å². The number of aromatic amines is 1. The third-order valence-electron chi connectivity index (χ3n) is 5.44. The highest BCUT2D eigenvalue weighted by Gasteiger charge is 2.24. The van der Waals surface area contributed by atoms with Crippen LogP contribution < -0.4 is 5.32 Å². The molecule has 1 aliphatic carbocycles. The molecule has 2 atom stereocenters. The molecule has 4 rings (SSSR count). The van der Waals surface area contributed by atoms with Crippen LogP contribution >= 0.6 is 11.8 Å². The molecule has 1 aromatic heterocycles. The van der Waals surface area contributed by atoms with Gasteiger partial charge < -0.3 is 5.32 Å². The number of nitrogens with zero attached hydrogens (tertiary/aromatic N) is 2. The van der Waals surface area contributed by atoms with Gasteiger partial charge in [0.05, 0.1) is 11.3 Å². The number of nitrogens with one attached hydrogen (secondary N) is 2. The smallest absolute Gasteiger partial charge is 0.233 e. The number of thioether (sulfide) groups is 1. The summed E-state index contributed by atoms with van der Waals surface area (Å²) in [6.07, 6.45) is 4.19. The van der Waals surface area contributed by atoms with Gasteiger partial charge in [-0.3, -0.25) is 9.89 Å². The Balaban J connectivity index is 1.39. The largest absolute Gasteiger partial charge is 0.348 e.